The number of pyridine rings is 1. The lowest BCUT2D eigenvalue weighted by Gasteiger charge is -2.11. The van der Waals surface area contributed by atoms with Crippen molar-refractivity contribution in [3.05, 3.63) is 48.3 Å². The van der Waals surface area contributed by atoms with Crippen LogP contribution in [0.5, 0.6) is 5.75 Å². The van der Waals surface area contributed by atoms with Crippen molar-refractivity contribution in [2.75, 3.05) is 11.9 Å². The van der Waals surface area contributed by atoms with Crippen LogP contribution in [0, 0.1) is 0 Å². The summed E-state index contributed by atoms with van der Waals surface area (Å²) in [5, 5.41) is 6.11. The van der Waals surface area contributed by atoms with Crippen LogP contribution in [0.25, 0.3) is 0 Å². The van der Waals surface area contributed by atoms with E-state index in [0.29, 0.717) is 12.2 Å². The molecule has 2 rings (SSSR count). The standard InChI is InChI=1S/C19H25N3O2/c1-4-5-12-20-19(23)18-11-8-16(13-21-18)22-15-6-9-17(10-7-15)24-14(2)3/h6-11,13-14,22H,4-5,12H2,1-3H3,(H,20,23). The van der Waals surface area contributed by atoms with E-state index in [1.807, 2.05) is 44.2 Å². The van der Waals surface area contributed by atoms with Gasteiger partial charge in [0.25, 0.3) is 5.91 Å². The number of aromatic nitrogens is 1. The summed E-state index contributed by atoms with van der Waals surface area (Å²) in [5.41, 5.74) is 2.20. The molecule has 1 amide bonds. The van der Waals surface area contributed by atoms with Gasteiger partial charge in [-0.05, 0) is 56.7 Å². The first-order valence-electron chi connectivity index (χ1n) is 8.36. The number of carbonyl (C=O) groups is 1. The lowest BCUT2D eigenvalue weighted by atomic mass is 10.2. The first-order chi connectivity index (χ1) is 11.6. The number of hydrogen-bond acceptors (Lipinski definition) is 4. The zero-order chi connectivity index (χ0) is 17.4. The van der Waals surface area contributed by atoms with Gasteiger partial charge in [-0.25, -0.2) is 4.98 Å². The zero-order valence-corrected chi connectivity index (χ0v) is 14.5. The fraction of sp³-hybridized carbons (Fsp3) is 0.368. The van der Waals surface area contributed by atoms with Crippen LogP contribution in [0.2, 0.25) is 0 Å². The molecule has 1 aromatic carbocycles. The Labute approximate surface area is 143 Å². The van der Waals surface area contributed by atoms with Crippen LogP contribution in [-0.4, -0.2) is 23.5 Å². The average Bonchev–Trinajstić information content (AvgIpc) is 2.57. The van der Waals surface area contributed by atoms with E-state index in [9.17, 15) is 4.79 Å². The Morgan fingerprint density at radius 3 is 2.42 bits per heavy atom. The molecule has 5 heteroatoms. The number of anilines is 2. The van der Waals surface area contributed by atoms with Gasteiger partial charge in [0.1, 0.15) is 11.4 Å². The highest BCUT2D eigenvalue weighted by Gasteiger charge is 2.06. The second kappa shape index (κ2) is 8.91. The molecule has 0 spiro atoms. The Morgan fingerprint density at radius 2 is 1.83 bits per heavy atom. The molecule has 0 unspecified atom stereocenters. The number of nitrogens with one attached hydrogen (secondary N) is 2. The van der Waals surface area contributed by atoms with E-state index < -0.39 is 0 Å². The van der Waals surface area contributed by atoms with Gasteiger partial charge >= 0.3 is 0 Å². The highest BCUT2D eigenvalue weighted by atomic mass is 16.5. The molecule has 0 aliphatic heterocycles. The number of benzene rings is 1. The van der Waals surface area contributed by atoms with Crippen LogP contribution in [-0.2, 0) is 0 Å². The molecule has 1 aromatic heterocycles. The molecule has 0 aliphatic rings. The third kappa shape index (κ3) is 5.57. The minimum atomic E-state index is -0.134. The molecule has 1 heterocycles. The number of ether oxygens (including phenoxy) is 1. The molecule has 0 saturated heterocycles. The molecular weight excluding hydrogens is 302 g/mol. The van der Waals surface area contributed by atoms with E-state index in [4.69, 9.17) is 4.74 Å². The van der Waals surface area contributed by atoms with Crippen molar-refractivity contribution in [1.29, 1.82) is 0 Å². The first kappa shape index (κ1) is 17.8. The topological polar surface area (TPSA) is 63.2 Å². The predicted octanol–water partition coefficient (Wildman–Crippen LogP) is 4.14. The van der Waals surface area contributed by atoms with Crippen LogP contribution in [0.15, 0.2) is 42.6 Å². The number of unbranched alkanes of at least 4 members (excludes halogenated alkanes) is 1. The number of amides is 1. The monoisotopic (exact) mass is 327 g/mol. The molecular formula is C19H25N3O2. The summed E-state index contributed by atoms with van der Waals surface area (Å²) in [4.78, 5) is 16.1. The lowest BCUT2D eigenvalue weighted by molar-refractivity contribution is 0.0948. The zero-order valence-electron chi connectivity index (χ0n) is 14.5. The smallest absolute Gasteiger partial charge is 0.269 e. The Bertz CT molecular complexity index is 637. The van der Waals surface area contributed by atoms with Gasteiger partial charge in [-0.3, -0.25) is 4.79 Å². The quantitative estimate of drug-likeness (QED) is 0.715. The molecule has 0 radical (unpaired) electrons. The van der Waals surface area contributed by atoms with Gasteiger partial charge in [-0.2, -0.15) is 0 Å². The molecule has 5 nitrogen and oxygen atoms in total. The summed E-state index contributed by atoms with van der Waals surface area (Å²) in [6.07, 6.45) is 3.84. The Hall–Kier alpha value is -2.56. The van der Waals surface area contributed by atoms with Crippen molar-refractivity contribution in [2.24, 2.45) is 0 Å². The van der Waals surface area contributed by atoms with Crippen LogP contribution in [0.1, 0.15) is 44.1 Å². The Morgan fingerprint density at radius 1 is 1.12 bits per heavy atom. The number of hydrogen-bond donors (Lipinski definition) is 2. The van der Waals surface area contributed by atoms with E-state index in [0.717, 1.165) is 30.0 Å². The molecule has 24 heavy (non-hydrogen) atoms. The maximum Gasteiger partial charge on any atom is 0.269 e. The number of rotatable bonds is 8. The van der Waals surface area contributed by atoms with Crippen LogP contribution < -0.4 is 15.4 Å². The van der Waals surface area contributed by atoms with Crippen LogP contribution in [0.3, 0.4) is 0 Å². The van der Waals surface area contributed by atoms with E-state index in [2.05, 4.69) is 22.5 Å². The van der Waals surface area contributed by atoms with E-state index >= 15 is 0 Å². The maximum absolute atomic E-state index is 11.9. The van der Waals surface area contributed by atoms with Crippen LogP contribution in [0.4, 0.5) is 11.4 Å². The summed E-state index contributed by atoms with van der Waals surface area (Å²) in [7, 11) is 0. The second-order valence-corrected chi connectivity index (χ2v) is 5.86. The molecule has 0 fully saturated rings. The van der Waals surface area contributed by atoms with Gasteiger partial charge in [0.15, 0.2) is 0 Å². The highest BCUT2D eigenvalue weighted by Crippen LogP contribution is 2.20. The van der Waals surface area contributed by atoms with Crippen molar-refractivity contribution in [3.63, 3.8) is 0 Å². The predicted molar refractivity (Wildman–Crippen MR) is 97.0 cm³/mol. The van der Waals surface area contributed by atoms with Crippen molar-refractivity contribution >= 4 is 17.3 Å². The largest absolute Gasteiger partial charge is 0.491 e. The third-order valence-corrected chi connectivity index (χ3v) is 3.33. The number of carbonyl (C=O) groups excluding carboxylic acids is 1. The molecule has 0 saturated carbocycles. The van der Waals surface area contributed by atoms with Crippen molar-refractivity contribution in [2.45, 2.75) is 39.7 Å². The number of nitrogens with zero attached hydrogens (tertiary/aromatic N) is 1. The molecule has 2 aromatic rings. The van der Waals surface area contributed by atoms with Gasteiger partial charge in [0.05, 0.1) is 18.0 Å². The van der Waals surface area contributed by atoms with Crippen molar-refractivity contribution in [1.82, 2.24) is 10.3 Å². The fourth-order valence-corrected chi connectivity index (χ4v) is 2.13. The Balaban J connectivity index is 1.92. The van der Waals surface area contributed by atoms with E-state index in [-0.39, 0.29) is 12.0 Å². The second-order valence-electron chi connectivity index (χ2n) is 5.86. The summed E-state index contributed by atoms with van der Waals surface area (Å²) < 4.78 is 5.62. The fourth-order valence-electron chi connectivity index (χ4n) is 2.13. The maximum atomic E-state index is 11.9. The van der Waals surface area contributed by atoms with Gasteiger partial charge in [0, 0.05) is 12.2 Å². The minimum Gasteiger partial charge on any atom is -0.491 e. The van der Waals surface area contributed by atoms with E-state index in [1.54, 1.807) is 12.3 Å². The average molecular weight is 327 g/mol. The highest BCUT2D eigenvalue weighted by molar-refractivity contribution is 5.92. The Kier molecular flexibility index (Phi) is 6.61. The van der Waals surface area contributed by atoms with Gasteiger partial charge in [0.2, 0.25) is 0 Å². The molecule has 128 valence electrons. The third-order valence-electron chi connectivity index (χ3n) is 3.33. The van der Waals surface area contributed by atoms with Crippen molar-refractivity contribution in [3.8, 4) is 5.75 Å². The van der Waals surface area contributed by atoms with Gasteiger partial charge in [-0.1, -0.05) is 13.3 Å². The summed E-state index contributed by atoms with van der Waals surface area (Å²) in [5.74, 6) is 0.706. The first-order valence-corrected chi connectivity index (χ1v) is 8.36. The van der Waals surface area contributed by atoms with E-state index in [1.165, 1.54) is 0 Å². The molecule has 0 atom stereocenters. The summed E-state index contributed by atoms with van der Waals surface area (Å²) >= 11 is 0. The van der Waals surface area contributed by atoms with Gasteiger partial charge in [-0.15, -0.1) is 0 Å². The lowest BCUT2D eigenvalue weighted by Crippen LogP contribution is -2.25. The normalized spacial score (nSPS) is 10.5. The van der Waals surface area contributed by atoms with Crippen LogP contribution >= 0.6 is 0 Å². The SMILES string of the molecule is CCCCNC(=O)c1ccc(Nc2ccc(OC(C)C)cc2)cn1. The molecule has 2 N–H and O–H groups in total. The summed E-state index contributed by atoms with van der Waals surface area (Å²) in [6.45, 7) is 6.77. The summed E-state index contributed by atoms with van der Waals surface area (Å²) in [6, 6.07) is 11.3. The van der Waals surface area contributed by atoms with Gasteiger partial charge < -0.3 is 15.4 Å². The van der Waals surface area contributed by atoms with Crippen molar-refractivity contribution < 1.29 is 9.53 Å². The molecule has 0 bridgehead atoms. The molecule has 0 aliphatic carbocycles. The minimum absolute atomic E-state index is 0.134.